The summed E-state index contributed by atoms with van der Waals surface area (Å²) in [5.74, 6) is -0.770. The van der Waals surface area contributed by atoms with E-state index in [9.17, 15) is 19.2 Å². The van der Waals surface area contributed by atoms with Gasteiger partial charge in [0.25, 0.3) is 5.91 Å². The van der Waals surface area contributed by atoms with Gasteiger partial charge in [-0.15, -0.1) is 0 Å². The van der Waals surface area contributed by atoms with Gasteiger partial charge in [-0.3, -0.25) is 19.2 Å². The number of nitrogens with one attached hydrogen (secondary N) is 3. The summed E-state index contributed by atoms with van der Waals surface area (Å²) in [5, 5.41) is 8.37. The molecule has 3 heterocycles. The molecule has 41 heavy (non-hydrogen) atoms. The smallest absolute Gasteiger partial charge is 0.258 e. The maximum atomic E-state index is 13.5. The fraction of sp³-hybridized carbons (Fsp3) is 0.517. The summed E-state index contributed by atoms with van der Waals surface area (Å²) < 4.78 is 10.8. The minimum Gasteiger partial charge on any atom is -0.484 e. The minimum absolute atomic E-state index is 0.0928. The number of amides is 4. The molecular formula is C29H40N6O6. The molecule has 222 valence electrons. The highest BCUT2D eigenvalue weighted by Crippen LogP contribution is 2.15. The lowest BCUT2D eigenvalue weighted by Gasteiger charge is -2.29. The summed E-state index contributed by atoms with van der Waals surface area (Å²) in [6.45, 7) is 7.41. The van der Waals surface area contributed by atoms with Gasteiger partial charge in [-0.25, -0.2) is 9.97 Å². The van der Waals surface area contributed by atoms with Crippen LogP contribution in [0.1, 0.15) is 43.0 Å². The molecular weight excluding hydrogens is 528 g/mol. The van der Waals surface area contributed by atoms with Crippen molar-refractivity contribution < 1.29 is 28.7 Å². The Bertz CT molecular complexity index is 1200. The molecule has 1 aromatic heterocycles. The number of hydrogen-bond donors (Lipinski definition) is 3. The third-order valence-electron chi connectivity index (χ3n) is 6.39. The number of methoxy groups -OCH3 is 1. The van der Waals surface area contributed by atoms with Crippen LogP contribution in [0.2, 0.25) is 0 Å². The highest BCUT2D eigenvalue weighted by atomic mass is 16.5. The highest BCUT2D eigenvalue weighted by Gasteiger charge is 2.30. The predicted octanol–water partition coefficient (Wildman–Crippen LogP) is 0.835. The lowest BCUT2D eigenvalue weighted by atomic mass is 10.0. The fourth-order valence-electron chi connectivity index (χ4n) is 4.51. The van der Waals surface area contributed by atoms with Gasteiger partial charge >= 0.3 is 0 Å². The number of hydrogen-bond acceptors (Lipinski definition) is 8. The summed E-state index contributed by atoms with van der Waals surface area (Å²) in [6.07, 6.45) is 0.559. The first-order valence-corrected chi connectivity index (χ1v) is 13.7. The normalized spacial score (nSPS) is 18.6. The Morgan fingerprint density at radius 3 is 2.41 bits per heavy atom. The SMILES string of the molecule is COCCN1CC(=O)N[C@@H](C(=O)NCc2nc(C)cc(C)n2)Cc2ccc(cc2)OCC(=O)N[C@@H](CC(C)C)C1=O. The molecule has 3 N–H and O–H groups in total. The van der Waals surface area contributed by atoms with Crippen LogP contribution in [0.15, 0.2) is 30.3 Å². The Morgan fingerprint density at radius 1 is 1.10 bits per heavy atom. The van der Waals surface area contributed by atoms with Crippen molar-refractivity contribution in [2.75, 3.05) is 33.4 Å². The lowest BCUT2D eigenvalue weighted by Crippen LogP contribution is -2.55. The molecule has 0 saturated carbocycles. The van der Waals surface area contributed by atoms with Crippen molar-refractivity contribution in [3.63, 3.8) is 0 Å². The number of nitrogens with zero attached hydrogens (tertiary/aromatic N) is 3. The maximum Gasteiger partial charge on any atom is 0.258 e. The first-order valence-electron chi connectivity index (χ1n) is 13.7. The standard InChI is InChI=1S/C29H40N6O6/c1-18(2)12-24-29(39)35(10-11-40-5)16-26(36)33-23(28(38)30-15-25-31-19(3)13-20(4)32-25)14-21-6-8-22(9-7-21)41-17-27(37)34-24/h6-9,13,18,23-24H,10-12,14-17H2,1-5H3,(H,30,38)(H,33,36)(H,34,37)/t23-,24+/m1/s1. The van der Waals surface area contributed by atoms with Crippen molar-refractivity contribution in [2.24, 2.45) is 5.92 Å². The van der Waals surface area contributed by atoms with Crippen molar-refractivity contribution in [3.05, 3.63) is 53.1 Å². The van der Waals surface area contributed by atoms with Crippen LogP contribution in [0.3, 0.4) is 0 Å². The molecule has 2 aliphatic rings. The van der Waals surface area contributed by atoms with Crippen LogP contribution < -0.4 is 20.7 Å². The van der Waals surface area contributed by atoms with Gasteiger partial charge in [0.1, 0.15) is 23.7 Å². The van der Waals surface area contributed by atoms with Crippen LogP contribution in [-0.4, -0.2) is 84.0 Å². The number of aromatic nitrogens is 2. The zero-order valence-electron chi connectivity index (χ0n) is 24.4. The Morgan fingerprint density at radius 2 is 1.78 bits per heavy atom. The van der Waals surface area contributed by atoms with E-state index >= 15 is 0 Å². The topological polar surface area (TPSA) is 152 Å². The van der Waals surface area contributed by atoms with Crippen LogP contribution in [0, 0.1) is 19.8 Å². The van der Waals surface area contributed by atoms with Gasteiger partial charge in [0, 0.05) is 31.5 Å². The Labute approximate surface area is 240 Å². The van der Waals surface area contributed by atoms with E-state index in [4.69, 9.17) is 9.47 Å². The van der Waals surface area contributed by atoms with E-state index in [0.717, 1.165) is 17.0 Å². The molecule has 0 aliphatic carbocycles. The second kappa shape index (κ2) is 15.1. The van der Waals surface area contributed by atoms with E-state index in [2.05, 4.69) is 25.9 Å². The summed E-state index contributed by atoms with van der Waals surface area (Å²) in [7, 11) is 1.50. The van der Waals surface area contributed by atoms with E-state index in [1.807, 2.05) is 33.8 Å². The minimum atomic E-state index is -0.932. The largest absolute Gasteiger partial charge is 0.484 e. The number of fused-ring (bicyclic) bond motifs is 13. The van der Waals surface area contributed by atoms with Gasteiger partial charge in [0.2, 0.25) is 17.7 Å². The van der Waals surface area contributed by atoms with E-state index < -0.39 is 35.7 Å². The highest BCUT2D eigenvalue weighted by molar-refractivity contribution is 5.93. The van der Waals surface area contributed by atoms with Gasteiger partial charge in [-0.1, -0.05) is 26.0 Å². The van der Waals surface area contributed by atoms with Crippen molar-refractivity contribution in [1.29, 1.82) is 0 Å². The van der Waals surface area contributed by atoms with E-state index in [-0.39, 0.29) is 45.2 Å². The molecule has 2 bridgehead atoms. The molecule has 4 amide bonds. The molecule has 0 saturated heterocycles. The molecule has 0 fully saturated rings. The molecule has 4 rings (SSSR count). The third-order valence-corrected chi connectivity index (χ3v) is 6.39. The Balaban J connectivity index is 1.87. The van der Waals surface area contributed by atoms with Crippen LogP contribution in [0.4, 0.5) is 0 Å². The van der Waals surface area contributed by atoms with Crippen molar-refractivity contribution >= 4 is 23.6 Å². The number of ether oxygens (including phenoxy) is 2. The number of aryl methyl sites for hydroxylation is 2. The summed E-state index contributed by atoms with van der Waals surface area (Å²) in [6, 6.07) is 6.98. The molecule has 2 aromatic rings. The van der Waals surface area contributed by atoms with E-state index in [1.54, 1.807) is 24.3 Å². The van der Waals surface area contributed by atoms with Gasteiger partial charge in [-0.2, -0.15) is 0 Å². The first kappa shape index (κ1) is 31.5. The first-order chi connectivity index (χ1) is 19.5. The van der Waals surface area contributed by atoms with Gasteiger partial charge in [0.15, 0.2) is 6.61 Å². The van der Waals surface area contributed by atoms with Crippen LogP contribution in [-0.2, 0) is 36.9 Å². The number of carbonyl (C=O) groups excluding carboxylic acids is 4. The summed E-state index contributed by atoms with van der Waals surface area (Å²) >= 11 is 0. The molecule has 12 heteroatoms. The van der Waals surface area contributed by atoms with Gasteiger partial charge in [0.05, 0.1) is 19.7 Å². The van der Waals surface area contributed by atoms with Crippen LogP contribution in [0.25, 0.3) is 0 Å². The molecule has 12 nitrogen and oxygen atoms in total. The zero-order valence-corrected chi connectivity index (χ0v) is 24.4. The van der Waals surface area contributed by atoms with Crippen molar-refractivity contribution in [2.45, 2.75) is 59.2 Å². The predicted molar refractivity (Wildman–Crippen MR) is 151 cm³/mol. The molecule has 2 aliphatic heterocycles. The second-order valence-electron chi connectivity index (χ2n) is 10.5. The van der Waals surface area contributed by atoms with Gasteiger partial charge < -0.3 is 30.3 Å². The van der Waals surface area contributed by atoms with Gasteiger partial charge in [-0.05, 0) is 49.9 Å². The average molecular weight is 569 g/mol. The van der Waals surface area contributed by atoms with E-state index in [0.29, 0.717) is 18.0 Å². The summed E-state index contributed by atoms with van der Waals surface area (Å²) in [5.41, 5.74) is 2.34. The molecule has 0 radical (unpaired) electrons. The maximum absolute atomic E-state index is 13.5. The fourth-order valence-corrected chi connectivity index (χ4v) is 4.51. The quantitative estimate of drug-likeness (QED) is 0.396. The van der Waals surface area contributed by atoms with Crippen molar-refractivity contribution in [1.82, 2.24) is 30.8 Å². The van der Waals surface area contributed by atoms with Crippen LogP contribution >= 0.6 is 0 Å². The zero-order chi connectivity index (χ0) is 29.9. The molecule has 0 unspecified atom stereocenters. The monoisotopic (exact) mass is 568 g/mol. The number of rotatable bonds is 8. The van der Waals surface area contributed by atoms with Crippen molar-refractivity contribution in [3.8, 4) is 5.75 Å². The summed E-state index contributed by atoms with van der Waals surface area (Å²) in [4.78, 5) is 62.8. The lowest BCUT2D eigenvalue weighted by molar-refractivity contribution is -0.141. The Hall–Kier alpha value is -4.06. The van der Waals surface area contributed by atoms with E-state index in [1.165, 1.54) is 12.0 Å². The molecule has 0 spiro atoms. The second-order valence-corrected chi connectivity index (χ2v) is 10.5. The third kappa shape index (κ3) is 10.1. The Kier molecular flexibility index (Phi) is 11.6. The average Bonchev–Trinajstić information content (AvgIpc) is 2.91. The number of carbonyl (C=O) groups is 4. The molecule has 1 aromatic carbocycles. The number of benzene rings is 1. The van der Waals surface area contributed by atoms with Crippen LogP contribution in [0.5, 0.6) is 5.75 Å². The molecule has 2 atom stereocenters.